The number of carbonyl (C=O) groups is 2. The van der Waals surface area contributed by atoms with Gasteiger partial charge in [-0.1, -0.05) is 25.5 Å². The molecule has 0 aliphatic carbocycles. The number of benzene rings is 1. The van der Waals surface area contributed by atoms with Crippen LogP contribution in [0.15, 0.2) is 18.2 Å². The number of hydrogen-bond donors (Lipinski definition) is 2. The van der Waals surface area contributed by atoms with Crippen molar-refractivity contribution in [3.63, 3.8) is 0 Å². The molecule has 0 saturated carbocycles. The van der Waals surface area contributed by atoms with Gasteiger partial charge in [0.25, 0.3) is 5.91 Å². The van der Waals surface area contributed by atoms with Crippen molar-refractivity contribution in [2.45, 2.75) is 46.6 Å². The predicted molar refractivity (Wildman–Crippen MR) is 93.9 cm³/mol. The van der Waals surface area contributed by atoms with Crippen LogP contribution < -0.4 is 5.32 Å². The molecule has 1 fully saturated rings. The molecule has 2 rings (SSSR count). The quantitative estimate of drug-likeness (QED) is 0.891. The molecule has 0 bridgehead atoms. The SMILES string of the molecule is Cc1ccc(O)c(C(=O)N2CCC(C(=O)N[C@H](C)C(C)C)CC2)c1. The average Bonchev–Trinajstić information content (AvgIpc) is 2.56. The first kappa shape index (κ1) is 18.3. The predicted octanol–water partition coefficient (Wildman–Crippen LogP) is 2.71. The van der Waals surface area contributed by atoms with Gasteiger partial charge in [-0.05, 0) is 44.7 Å². The highest BCUT2D eigenvalue weighted by Crippen LogP contribution is 2.24. The zero-order valence-corrected chi connectivity index (χ0v) is 15.0. The number of aromatic hydroxyl groups is 1. The van der Waals surface area contributed by atoms with Crippen LogP contribution in [0, 0.1) is 18.8 Å². The first-order chi connectivity index (χ1) is 11.3. The smallest absolute Gasteiger partial charge is 0.257 e. The number of amides is 2. The molecule has 1 heterocycles. The Balaban J connectivity index is 1.94. The third kappa shape index (κ3) is 4.28. The summed E-state index contributed by atoms with van der Waals surface area (Å²) in [6.07, 6.45) is 1.32. The fourth-order valence-corrected chi connectivity index (χ4v) is 2.85. The van der Waals surface area contributed by atoms with Gasteiger partial charge in [0, 0.05) is 25.0 Å². The highest BCUT2D eigenvalue weighted by molar-refractivity contribution is 5.97. The van der Waals surface area contributed by atoms with E-state index in [0.29, 0.717) is 37.4 Å². The lowest BCUT2D eigenvalue weighted by molar-refractivity contribution is -0.127. The summed E-state index contributed by atoms with van der Waals surface area (Å²) in [6, 6.07) is 5.19. The lowest BCUT2D eigenvalue weighted by atomic mass is 9.94. The highest BCUT2D eigenvalue weighted by atomic mass is 16.3. The number of likely N-dealkylation sites (tertiary alicyclic amines) is 1. The van der Waals surface area contributed by atoms with Crippen molar-refractivity contribution in [2.75, 3.05) is 13.1 Å². The molecule has 1 aromatic carbocycles. The molecule has 2 amide bonds. The molecular formula is C19H28N2O3. The van der Waals surface area contributed by atoms with Crippen molar-refractivity contribution in [3.05, 3.63) is 29.3 Å². The lowest BCUT2D eigenvalue weighted by Gasteiger charge is -2.32. The van der Waals surface area contributed by atoms with Crippen LogP contribution >= 0.6 is 0 Å². The van der Waals surface area contributed by atoms with E-state index in [4.69, 9.17) is 0 Å². The Hall–Kier alpha value is -2.04. The van der Waals surface area contributed by atoms with Crippen LogP contribution in [0.1, 0.15) is 49.5 Å². The Morgan fingerprint density at radius 2 is 1.83 bits per heavy atom. The molecule has 0 radical (unpaired) electrons. The molecular weight excluding hydrogens is 304 g/mol. The van der Waals surface area contributed by atoms with E-state index in [1.165, 1.54) is 0 Å². The normalized spacial score (nSPS) is 17.0. The van der Waals surface area contributed by atoms with E-state index in [0.717, 1.165) is 5.56 Å². The Morgan fingerprint density at radius 3 is 2.42 bits per heavy atom. The number of phenolic OH excluding ortho intramolecular Hbond substituents is 1. The molecule has 5 nitrogen and oxygen atoms in total. The third-order valence-electron chi connectivity index (χ3n) is 4.91. The summed E-state index contributed by atoms with van der Waals surface area (Å²) in [5.74, 6) is 0.296. The van der Waals surface area contributed by atoms with Gasteiger partial charge < -0.3 is 15.3 Å². The summed E-state index contributed by atoms with van der Waals surface area (Å²) in [6.45, 7) is 9.16. The summed E-state index contributed by atoms with van der Waals surface area (Å²) in [5.41, 5.74) is 1.28. The van der Waals surface area contributed by atoms with Gasteiger partial charge in [0.05, 0.1) is 5.56 Å². The molecule has 1 aliphatic heterocycles. The molecule has 5 heteroatoms. The molecule has 0 unspecified atom stereocenters. The number of aryl methyl sites for hydroxylation is 1. The van der Waals surface area contributed by atoms with E-state index in [1.54, 1.807) is 23.1 Å². The molecule has 1 aliphatic rings. The summed E-state index contributed by atoms with van der Waals surface area (Å²) in [5, 5.41) is 13.0. The standard InChI is InChI=1S/C19H28N2O3/c1-12(2)14(4)20-18(23)15-7-9-21(10-8-15)19(24)16-11-13(3)5-6-17(16)22/h5-6,11-12,14-15,22H,7-10H2,1-4H3,(H,20,23)/t14-/m1/s1. The zero-order valence-electron chi connectivity index (χ0n) is 15.0. The second kappa shape index (κ2) is 7.69. The lowest BCUT2D eigenvalue weighted by Crippen LogP contribution is -2.45. The topological polar surface area (TPSA) is 69.6 Å². The maximum absolute atomic E-state index is 12.6. The van der Waals surface area contributed by atoms with Gasteiger partial charge in [-0.2, -0.15) is 0 Å². The fourth-order valence-electron chi connectivity index (χ4n) is 2.85. The molecule has 2 N–H and O–H groups in total. The van der Waals surface area contributed by atoms with Crippen LogP contribution in [0.5, 0.6) is 5.75 Å². The molecule has 1 atom stereocenters. The van der Waals surface area contributed by atoms with Gasteiger partial charge >= 0.3 is 0 Å². The van der Waals surface area contributed by atoms with Gasteiger partial charge in [0.2, 0.25) is 5.91 Å². The molecule has 1 aromatic rings. The van der Waals surface area contributed by atoms with Crippen molar-refractivity contribution < 1.29 is 14.7 Å². The fraction of sp³-hybridized carbons (Fsp3) is 0.579. The number of carbonyl (C=O) groups excluding carboxylic acids is 2. The first-order valence-corrected chi connectivity index (χ1v) is 8.69. The van der Waals surface area contributed by atoms with Crippen LogP contribution in [0.3, 0.4) is 0 Å². The summed E-state index contributed by atoms with van der Waals surface area (Å²) in [7, 11) is 0. The highest BCUT2D eigenvalue weighted by Gasteiger charge is 2.29. The van der Waals surface area contributed by atoms with E-state index >= 15 is 0 Å². The van der Waals surface area contributed by atoms with Crippen molar-refractivity contribution in [1.82, 2.24) is 10.2 Å². The van der Waals surface area contributed by atoms with Crippen LogP contribution in [0.2, 0.25) is 0 Å². The van der Waals surface area contributed by atoms with Crippen LogP contribution in [0.25, 0.3) is 0 Å². The Labute approximate surface area is 144 Å². The largest absolute Gasteiger partial charge is 0.507 e. The zero-order chi connectivity index (χ0) is 17.9. The number of nitrogens with one attached hydrogen (secondary N) is 1. The van der Waals surface area contributed by atoms with Crippen LogP contribution in [-0.4, -0.2) is 41.0 Å². The summed E-state index contributed by atoms with van der Waals surface area (Å²) in [4.78, 5) is 26.6. The number of phenols is 1. The van der Waals surface area contributed by atoms with Gasteiger partial charge in [0.15, 0.2) is 0 Å². The van der Waals surface area contributed by atoms with Gasteiger partial charge in [0.1, 0.15) is 5.75 Å². The Morgan fingerprint density at radius 1 is 1.21 bits per heavy atom. The maximum atomic E-state index is 12.6. The summed E-state index contributed by atoms with van der Waals surface area (Å²) < 4.78 is 0. The number of rotatable bonds is 4. The van der Waals surface area contributed by atoms with Crippen molar-refractivity contribution in [2.24, 2.45) is 11.8 Å². The van der Waals surface area contributed by atoms with E-state index in [1.807, 2.05) is 13.8 Å². The molecule has 0 spiro atoms. The van der Waals surface area contributed by atoms with Crippen molar-refractivity contribution in [1.29, 1.82) is 0 Å². The minimum Gasteiger partial charge on any atom is -0.507 e. The second-order valence-corrected chi connectivity index (χ2v) is 7.13. The van der Waals surface area contributed by atoms with E-state index in [-0.39, 0.29) is 29.5 Å². The second-order valence-electron chi connectivity index (χ2n) is 7.13. The average molecular weight is 332 g/mol. The molecule has 132 valence electrons. The van der Waals surface area contributed by atoms with Crippen LogP contribution in [-0.2, 0) is 4.79 Å². The minimum atomic E-state index is -0.161. The van der Waals surface area contributed by atoms with Gasteiger partial charge in [-0.3, -0.25) is 9.59 Å². The van der Waals surface area contributed by atoms with Crippen molar-refractivity contribution in [3.8, 4) is 5.75 Å². The van der Waals surface area contributed by atoms with Crippen LogP contribution in [0.4, 0.5) is 0 Å². The van der Waals surface area contributed by atoms with E-state index in [2.05, 4.69) is 19.2 Å². The first-order valence-electron chi connectivity index (χ1n) is 8.69. The molecule has 1 saturated heterocycles. The summed E-state index contributed by atoms with van der Waals surface area (Å²) >= 11 is 0. The molecule has 24 heavy (non-hydrogen) atoms. The number of piperidine rings is 1. The van der Waals surface area contributed by atoms with E-state index < -0.39 is 0 Å². The monoisotopic (exact) mass is 332 g/mol. The maximum Gasteiger partial charge on any atom is 0.257 e. The Bertz CT molecular complexity index is 605. The Kier molecular flexibility index (Phi) is 5.86. The minimum absolute atomic E-state index is 0.0104. The van der Waals surface area contributed by atoms with Gasteiger partial charge in [-0.25, -0.2) is 0 Å². The number of hydrogen-bond acceptors (Lipinski definition) is 3. The van der Waals surface area contributed by atoms with Crippen molar-refractivity contribution >= 4 is 11.8 Å². The van der Waals surface area contributed by atoms with E-state index in [9.17, 15) is 14.7 Å². The number of nitrogens with zero attached hydrogens (tertiary/aromatic N) is 1. The van der Waals surface area contributed by atoms with Gasteiger partial charge in [-0.15, -0.1) is 0 Å². The molecule has 0 aromatic heterocycles. The third-order valence-corrected chi connectivity index (χ3v) is 4.91.